The van der Waals surface area contributed by atoms with Crippen LogP contribution in [0.15, 0.2) is 4.99 Å². The third-order valence-corrected chi connectivity index (χ3v) is 1.17. The molecule has 0 bridgehead atoms. The zero-order valence-electron chi connectivity index (χ0n) is 7.15. The molecule has 0 amide bonds. The van der Waals surface area contributed by atoms with Crippen molar-refractivity contribution in [2.45, 2.75) is 34.1 Å². The fourth-order valence-electron chi connectivity index (χ4n) is 0.847. The highest BCUT2D eigenvalue weighted by atomic mass is 14.7. The van der Waals surface area contributed by atoms with E-state index in [-0.39, 0.29) is 0 Å². The number of rotatable bonds is 1. The van der Waals surface area contributed by atoms with Crippen molar-refractivity contribution in [3.05, 3.63) is 0 Å². The van der Waals surface area contributed by atoms with Crippen molar-refractivity contribution in [3.8, 4) is 0 Å². The van der Waals surface area contributed by atoms with Crippen molar-refractivity contribution in [1.82, 2.24) is 0 Å². The summed E-state index contributed by atoms with van der Waals surface area (Å²) in [5, 5.41) is 0. The van der Waals surface area contributed by atoms with Crippen LogP contribution in [0.5, 0.6) is 0 Å². The smallest absolute Gasteiger partial charge is 0.0276 e. The third kappa shape index (κ3) is 5.54. The quantitative estimate of drug-likeness (QED) is 0.480. The molecule has 0 aromatic carbocycles. The Morgan fingerprint density at radius 3 is 1.89 bits per heavy atom. The van der Waals surface area contributed by atoms with Gasteiger partial charge in [0.25, 0.3) is 0 Å². The van der Waals surface area contributed by atoms with E-state index in [1.165, 1.54) is 5.71 Å². The highest BCUT2D eigenvalue weighted by molar-refractivity contribution is 5.82. The maximum absolute atomic E-state index is 4.09. The Morgan fingerprint density at radius 2 is 1.78 bits per heavy atom. The lowest BCUT2D eigenvalue weighted by Gasteiger charge is -2.16. The van der Waals surface area contributed by atoms with E-state index < -0.39 is 0 Å². The van der Waals surface area contributed by atoms with E-state index in [1.54, 1.807) is 0 Å². The lowest BCUT2D eigenvalue weighted by atomic mass is 9.90. The molecule has 0 aliphatic carbocycles. The second kappa shape index (κ2) is 3.00. The first-order chi connectivity index (χ1) is 3.95. The molecular weight excluding hydrogens is 110 g/mol. The highest BCUT2D eigenvalue weighted by Crippen LogP contribution is 2.18. The molecule has 54 valence electrons. The Balaban J connectivity index is 3.75. The van der Waals surface area contributed by atoms with Gasteiger partial charge in [-0.25, -0.2) is 0 Å². The molecule has 0 aliphatic rings. The number of hydrogen-bond acceptors (Lipinski definition) is 1. The Bertz CT molecular complexity index is 106. The molecule has 0 aromatic rings. The van der Waals surface area contributed by atoms with Gasteiger partial charge in [0.15, 0.2) is 0 Å². The van der Waals surface area contributed by atoms with Gasteiger partial charge in [0.1, 0.15) is 0 Å². The minimum atomic E-state index is 0.392. The summed E-state index contributed by atoms with van der Waals surface area (Å²) in [6.45, 7) is 8.75. The molecule has 0 heterocycles. The zero-order chi connectivity index (χ0) is 7.49. The predicted molar refractivity (Wildman–Crippen MR) is 43.1 cm³/mol. The van der Waals surface area contributed by atoms with Crippen LogP contribution in [0.3, 0.4) is 0 Å². The molecule has 0 N–H and O–H groups in total. The molecule has 0 aliphatic heterocycles. The summed E-state index contributed by atoms with van der Waals surface area (Å²) in [5.41, 5.74) is 1.63. The van der Waals surface area contributed by atoms with Crippen LogP contribution in [-0.4, -0.2) is 12.8 Å². The molecule has 1 nitrogen and oxygen atoms in total. The lowest BCUT2D eigenvalue weighted by molar-refractivity contribution is 0.433. The summed E-state index contributed by atoms with van der Waals surface area (Å²) < 4.78 is 0. The molecule has 0 unspecified atom stereocenters. The average Bonchev–Trinajstić information content (AvgIpc) is 1.62. The van der Waals surface area contributed by atoms with Crippen molar-refractivity contribution in [2.75, 3.05) is 7.05 Å². The maximum atomic E-state index is 4.09. The summed E-state index contributed by atoms with van der Waals surface area (Å²) in [5.74, 6) is 0. The minimum Gasteiger partial charge on any atom is -0.298 e. The van der Waals surface area contributed by atoms with Gasteiger partial charge in [-0.3, -0.25) is 4.99 Å². The Kier molecular flexibility index (Phi) is 2.89. The van der Waals surface area contributed by atoms with Crippen molar-refractivity contribution < 1.29 is 0 Å². The predicted octanol–water partition coefficient (Wildman–Crippen LogP) is 2.51. The summed E-state index contributed by atoms with van der Waals surface area (Å²) in [4.78, 5) is 4.09. The van der Waals surface area contributed by atoms with Gasteiger partial charge in [0.05, 0.1) is 0 Å². The van der Waals surface area contributed by atoms with E-state index in [0.717, 1.165) is 6.42 Å². The first kappa shape index (κ1) is 8.67. The van der Waals surface area contributed by atoms with Crippen LogP contribution in [0.25, 0.3) is 0 Å². The Morgan fingerprint density at radius 1 is 1.33 bits per heavy atom. The fourth-order valence-corrected chi connectivity index (χ4v) is 0.847. The summed E-state index contributed by atoms with van der Waals surface area (Å²) >= 11 is 0. The van der Waals surface area contributed by atoms with E-state index in [1.807, 2.05) is 7.05 Å². The Hall–Kier alpha value is -0.330. The monoisotopic (exact) mass is 127 g/mol. The molecule has 9 heavy (non-hydrogen) atoms. The normalized spacial score (nSPS) is 14.1. The maximum Gasteiger partial charge on any atom is 0.0276 e. The SMILES string of the molecule is C/N=C(/C)CC(C)(C)C. The third-order valence-electron chi connectivity index (χ3n) is 1.17. The number of hydrogen-bond donors (Lipinski definition) is 0. The standard InChI is InChI=1S/C8H17N/c1-7(9-5)6-8(2,3)4/h6H2,1-5H3/b9-7-. The molecular formula is C8H17N. The lowest BCUT2D eigenvalue weighted by Crippen LogP contribution is -2.10. The van der Waals surface area contributed by atoms with Crippen LogP contribution in [0.2, 0.25) is 0 Å². The van der Waals surface area contributed by atoms with Crippen molar-refractivity contribution in [2.24, 2.45) is 10.4 Å². The van der Waals surface area contributed by atoms with Crippen LogP contribution in [0, 0.1) is 5.41 Å². The molecule has 0 saturated heterocycles. The van der Waals surface area contributed by atoms with E-state index in [2.05, 4.69) is 32.7 Å². The fraction of sp³-hybridized carbons (Fsp3) is 0.875. The molecule has 0 radical (unpaired) electrons. The first-order valence-corrected chi connectivity index (χ1v) is 3.38. The second-order valence-electron chi connectivity index (χ2n) is 3.70. The topological polar surface area (TPSA) is 12.4 Å². The number of aliphatic imine (C=N–C) groups is 1. The Labute approximate surface area is 58.2 Å². The summed E-state index contributed by atoms with van der Waals surface area (Å²) in [6, 6.07) is 0. The minimum absolute atomic E-state index is 0.392. The van der Waals surface area contributed by atoms with Gasteiger partial charge < -0.3 is 0 Å². The van der Waals surface area contributed by atoms with Crippen molar-refractivity contribution in [1.29, 1.82) is 0 Å². The molecule has 0 atom stereocenters. The van der Waals surface area contributed by atoms with Gasteiger partial charge in [-0.2, -0.15) is 0 Å². The van der Waals surface area contributed by atoms with Gasteiger partial charge in [0.2, 0.25) is 0 Å². The largest absolute Gasteiger partial charge is 0.298 e. The molecule has 0 saturated carbocycles. The van der Waals surface area contributed by atoms with E-state index in [0.29, 0.717) is 5.41 Å². The van der Waals surface area contributed by atoms with Gasteiger partial charge in [-0.15, -0.1) is 0 Å². The average molecular weight is 127 g/mol. The van der Waals surface area contributed by atoms with Crippen LogP contribution >= 0.6 is 0 Å². The van der Waals surface area contributed by atoms with Gasteiger partial charge in [-0.1, -0.05) is 20.8 Å². The summed E-state index contributed by atoms with van der Waals surface area (Å²) in [7, 11) is 1.85. The van der Waals surface area contributed by atoms with E-state index in [4.69, 9.17) is 0 Å². The molecule has 0 spiro atoms. The molecule has 1 heteroatoms. The van der Waals surface area contributed by atoms with Crippen LogP contribution in [-0.2, 0) is 0 Å². The van der Waals surface area contributed by atoms with Gasteiger partial charge in [-0.05, 0) is 18.8 Å². The first-order valence-electron chi connectivity index (χ1n) is 3.38. The molecule has 0 aromatic heterocycles. The van der Waals surface area contributed by atoms with Gasteiger partial charge in [0, 0.05) is 12.8 Å². The molecule has 0 fully saturated rings. The van der Waals surface area contributed by atoms with Crippen molar-refractivity contribution >= 4 is 5.71 Å². The molecule has 0 rings (SSSR count). The zero-order valence-corrected chi connectivity index (χ0v) is 7.15. The highest BCUT2D eigenvalue weighted by Gasteiger charge is 2.10. The van der Waals surface area contributed by atoms with E-state index in [9.17, 15) is 0 Å². The van der Waals surface area contributed by atoms with E-state index >= 15 is 0 Å². The van der Waals surface area contributed by atoms with Crippen molar-refractivity contribution in [3.63, 3.8) is 0 Å². The van der Waals surface area contributed by atoms with Crippen LogP contribution in [0.1, 0.15) is 34.1 Å². The van der Waals surface area contributed by atoms with Gasteiger partial charge >= 0.3 is 0 Å². The second-order valence-corrected chi connectivity index (χ2v) is 3.70. The van der Waals surface area contributed by atoms with Crippen LogP contribution in [0.4, 0.5) is 0 Å². The summed E-state index contributed by atoms with van der Waals surface area (Å²) in [6.07, 6.45) is 1.10. The number of nitrogens with zero attached hydrogens (tertiary/aromatic N) is 1. The van der Waals surface area contributed by atoms with Crippen LogP contribution < -0.4 is 0 Å².